The molecule has 4 N–H and O–H groups in total. The van der Waals surface area contributed by atoms with Crippen molar-refractivity contribution in [2.24, 2.45) is 0 Å². The number of rotatable bonds is 6. The van der Waals surface area contributed by atoms with Crippen LogP contribution in [0.5, 0.6) is 0 Å². The molecule has 0 saturated carbocycles. The number of aromatic nitrogens is 1. The third-order valence-corrected chi connectivity index (χ3v) is 1.93. The summed E-state index contributed by atoms with van der Waals surface area (Å²) in [5.41, 5.74) is 0.444. The summed E-state index contributed by atoms with van der Waals surface area (Å²) < 4.78 is 0. The number of carboxylic acids is 1. The standard InChI is InChI=1S/C10H13N3O3/c11-6-7-2-3-8(10(15)16)13-9(7)12-4-1-5-14/h2-3,6,11,14H,1,4-5H2,(H,12,13)(H,15,16). The molecule has 0 atom stereocenters. The molecule has 0 aliphatic heterocycles. The summed E-state index contributed by atoms with van der Waals surface area (Å²) in [4.78, 5) is 14.6. The number of aliphatic hydroxyl groups is 1. The first-order valence-corrected chi connectivity index (χ1v) is 4.78. The van der Waals surface area contributed by atoms with Gasteiger partial charge in [-0.15, -0.1) is 0 Å². The van der Waals surface area contributed by atoms with Gasteiger partial charge in [-0.25, -0.2) is 9.78 Å². The minimum Gasteiger partial charge on any atom is -0.477 e. The van der Waals surface area contributed by atoms with E-state index < -0.39 is 5.97 Å². The molecule has 1 rings (SSSR count). The Balaban J connectivity index is 2.88. The predicted molar refractivity (Wildman–Crippen MR) is 59.3 cm³/mol. The number of carboxylic acid groups (broad SMARTS) is 1. The largest absolute Gasteiger partial charge is 0.477 e. The number of hydrogen-bond donors (Lipinski definition) is 4. The van der Waals surface area contributed by atoms with Crippen LogP contribution in [-0.2, 0) is 0 Å². The Morgan fingerprint density at radius 2 is 2.31 bits per heavy atom. The Kier molecular flexibility index (Phi) is 4.41. The maximum atomic E-state index is 10.7. The number of nitrogens with zero attached hydrogens (tertiary/aromatic N) is 1. The van der Waals surface area contributed by atoms with Gasteiger partial charge in [-0.2, -0.15) is 0 Å². The van der Waals surface area contributed by atoms with Crippen molar-refractivity contribution in [1.29, 1.82) is 5.41 Å². The van der Waals surface area contributed by atoms with Crippen LogP contribution >= 0.6 is 0 Å². The number of nitrogens with one attached hydrogen (secondary N) is 2. The van der Waals surface area contributed by atoms with Crippen LogP contribution in [0.25, 0.3) is 0 Å². The Bertz CT molecular complexity index is 393. The maximum Gasteiger partial charge on any atom is 0.354 e. The van der Waals surface area contributed by atoms with Crippen LogP contribution in [0.15, 0.2) is 12.1 Å². The van der Waals surface area contributed by atoms with E-state index in [2.05, 4.69) is 10.3 Å². The lowest BCUT2D eigenvalue weighted by atomic mass is 10.2. The summed E-state index contributed by atoms with van der Waals surface area (Å²) in [6.45, 7) is 0.527. The number of anilines is 1. The molecule has 1 aromatic heterocycles. The van der Waals surface area contributed by atoms with Crippen molar-refractivity contribution in [3.05, 3.63) is 23.4 Å². The number of carbonyl (C=O) groups is 1. The second-order valence-corrected chi connectivity index (χ2v) is 3.09. The van der Waals surface area contributed by atoms with Crippen molar-refractivity contribution in [2.45, 2.75) is 6.42 Å². The molecule has 6 heteroatoms. The summed E-state index contributed by atoms with van der Waals surface area (Å²) in [5.74, 6) is -0.759. The fourth-order valence-corrected chi connectivity index (χ4v) is 1.13. The van der Waals surface area contributed by atoms with Crippen molar-refractivity contribution in [2.75, 3.05) is 18.5 Å². The van der Waals surface area contributed by atoms with E-state index in [0.717, 1.165) is 6.21 Å². The molecule has 0 aliphatic rings. The molecule has 0 saturated heterocycles. The maximum absolute atomic E-state index is 10.7. The number of aromatic carboxylic acids is 1. The first-order valence-electron chi connectivity index (χ1n) is 4.78. The van der Waals surface area contributed by atoms with Gasteiger partial charge in [0, 0.05) is 24.9 Å². The van der Waals surface area contributed by atoms with Crippen LogP contribution in [0.2, 0.25) is 0 Å². The summed E-state index contributed by atoms with van der Waals surface area (Å²) in [6.07, 6.45) is 1.64. The molecule has 0 unspecified atom stereocenters. The monoisotopic (exact) mass is 223 g/mol. The smallest absolute Gasteiger partial charge is 0.354 e. The fraction of sp³-hybridized carbons (Fsp3) is 0.300. The summed E-state index contributed by atoms with van der Waals surface area (Å²) in [5, 5.41) is 27.4. The van der Waals surface area contributed by atoms with Gasteiger partial charge in [0.1, 0.15) is 5.82 Å². The molecule has 86 valence electrons. The lowest BCUT2D eigenvalue weighted by molar-refractivity contribution is 0.0690. The van der Waals surface area contributed by atoms with Gasteiger partial charge in [-0.05, 0) is 18.6 Å². The average molecular weight is 223 g/mol. The topological polar surface area (TPSA) is 106 Å². The van der Waals surface area contributed by atoms with Gasteiger partial charge in [0.15, 0.2) is 5.69 Å². The van der Waals surface area contributed by atoms with Gasteiger partial charge < -0.3 is 20.9 Å². The van der Waals surface area contributed by atoms with E-state index in [1.165, 1.54) is 12.1 Å². The second kappa shape index (κ2) is 5.82. The molecule has 0 radical (unpaired) electrons. The normalized spacial score (nSPS) is 9.81. The average Bonchev–Trinajstić information content (AvgIpc) is 2.29. The number of aliphatic hydroxyl groups excluding tert-OH is 1. The SMILES string of the molecule is N=Cc1ccc(C(=O)O)nc1NCCCO. The van der Waals surface area contributed by atoms with Gasteiger partial charge in [0.25, 0.3) is 0 Å². The molecule has 1 heterocycles. The molecule has 0 spiro atoms. The van der Waals surface area contributed by atoms with Crippen molar-refractivity contribution in [1.82, 2.24) is 4.98 Å². The van der Waals surface area contributed by atoms with Crippen molar-refractivity contribution in [3.63, 3.8) is 0 Å². The Morgan fingerprint density at radius 3 is 2.88 bits per heavy atom. The molecule has 0 fully saturated rings. The summed E-state index contributed by atoms with van der Waals surface area (Å²) in [6, 6.07) is 2.87. The number of hydrogen-bond acceptors (Lipinski definition) is 5. The highest BCUT2D eigenvalue weighted by molar-refractivity contribution is 5.89. The molecule has 0 aliphatic carbocycles. The first-order chi connectivity index (χ1) is 7.69. The molecular formula is C10H13N3O3. The molecule has 16 heavy (non-hydrogen) atoms. The minimum atomic E-state index is -1.11. The van der Waals surface area contributed by atoms with E-state index in [1.807, 2.05) is 0 Å². The Hall–Kier alpha value is -1.95. The van der Waals surface area contributed by atoms with E-state index in [9.17, 15) is 4.79 Å². The highest BCUT2D eigenvalue weighted by Crippen LogP contribution is 2.11. The van der Waals surface area contributed by atoms with E-state index >= 15 is 0 Å². The third kappa shape index (κ3) is 3.03. The molecule has 6 nitrogen and oxygen atoms in total. The third-order valence-electron chi connectivity index (χ3n) is 1.93. The van der Waals surface area contributed by atoms with Gasteiger partial charge in [0.05, 0.1) is 0 Å². The van der Waals surface area contributed by atoms with Crippen LogP contribution < -0.4 is 5.32 Å². The quantitative estimate of drug-likeness (QED) is 0.416. The van der Waals surface area contributed by atoms with Crippen LogP contribution in [0.4, 0.5) is 5.82 Å². The first kappa shape index (κ1) is 12.1. The van der Waals surface area contributed by atoms with Crippen molar-refractivity contribution >= 4 is 18.0 Å². The summed E-state index contributed by atoms with van der Waals surface area (Å²) >= 11 is 0. The zero-order chi connectivity index (χ0) is 12.0. The van der Waals surface area contributed by atoms with Crippen molar-refractivity contribution in [3.8, 4) is 0 Å². The van der Waals surface area contributed by atoms with Gasteiger partial charge in [-0.1, -0.05) is 0 Å². The minimum absolute atomic E-state index is 0.0472. The van der Waals surface area contributed by atoms with Gasteiger partial charge in [0.2, 0.25) is 0 Å². The fourth-order valence-electron chi connectivity index (χ4n) is 1.13. The number of pyridine rings is 1. The van der Waals surface area contributed by atoms with Gasteiger partial charge >= 0.3 is 5.97 Å². The van der Waals surface area contributed by atoms with Crippen LogP contribution in [-0.4, -0.2) is 40.5 Å². The Morgan fingerprint density at radius 1 is 1.56 bits per heavy atom. The molecular weight excluding hydrogens is 210 g/mol. The highest BCUT2D eigenvalue weighted by Gasteiger charge is 2.08. The van der Waals surface area contributed by atoms with Crippen LogP contribution in [0.3, 0.4) is 0 Å². The second-order valence-electron chi connectivity index (χ2n) is 3.09. The van der Waals surface area contributed by atoms with E-state index in [1.54, 1.807) is 0 Å². The summed E-state index contributed by atoms with van der Waals surface area (Å²) in [7, 11) is 0. The van der Waals surface area contributed by atoms with Crippen LogP contribution in [0, 0.1) is 5.41 Å². The zero-order valence-corrected chi connectivity index (χ0v) is 8.60. The highest BCUT2D eigenvalue weighted by atomic mass is 16.4. The van der Waals surface area contributed by atoms with E-state index in [-0.39, 0.29) is 12.3 Å². The predicted octanol–water partition coefficient (Wildman–Crippen LogP) is 0.572. The van der Waals surface area contributed by atoms with E-state index in [0.29, 0.717) is 24.3 Å². The molecule has 1 aromatic rings. The van der Waals surface area contributed by atoms with Gasteiger partial charge in [-0.3, -0.25) is 0 Å². The van der Waals surface area contributed by atoms with E-state index in [4.69, 9.17) is 15.6 Å². The lowest BCUT2D eigenvalue weighted by Crippen LogP contribution is -2.10. The molecule has 0 aromatic carbocycles. The zero-order valence-electron chi connectivity index (χ0n) is 8.60. The van der Waals surface area contributed by atoms with Crippen LogP contribution in [0.1, 0.15) is 22.5 Å². The molecule has 0 amide bonds. The Labute approximate surface area is 92.5 Å². The molecule has 0 bridgehead atoms. The van der Waals surface area contributed by atoms with Crippen molar-refractivity contribution < 1.29 is 15.0 Å². The lowest BCUT2D eigenvalue weighted by Gasteiger charge is -2.08.